The van der Waals surface area contributed by atoms with Gasteiger partial charge in [-0.2, -0.15) is 0 Å². The summed E-state index contributed by atoms with van der Waals surface area (Å²) in [5.74, 6) is 0.475. The number of rotatable bonds is 7. The summed E-state index contributed by atoms with van der Waals surface area (Å²) in [7, 11) is 4.09. The number of nitrogens with two attached hydrogens (primary N) is 1. The number of hydrogen-bond acceptors (Lipinski definition) is 6. The Bertz CT molecular complexity index is 1580. The van der Waals surface area contributed by atoms with Crippen LogP contribution in [0, 0.1) is 6.92 Å². The van der Waals surface area contributed by atoms with E-state index in [1.807, 2.05) is 69.6 Å². The number of carbonyl (C=O) groups excluding carboxylic acids is 1. The highest BCUT2D eigenvalue weighted by Gasteiger charge is 2.18. The van der Waals surface area contributed by atoms with Crippen LogP contribution in [0.2, 0.25) is 0 Å². The molecule has 0 saturated heterocycles. The summed E-state index contributed by atoms with van der Waals surface area (Å²) in [5.41, 5.74) is 13.4. The lowest BCUT2D eigenvalue weighted by atomic mass is 9.99. The number of aromatic nitrogens is 2. The number of hydrogen-bond donors (Lipinski definition) is 3. The lowest BCUT2D eigenvalue weighted by Gasteiger charge is -2.13. The fraction of sp³-hybridized carbons (Fsp3) is 0.167. The molecule has 0 spiro atoms. The first kappa shape index (κ1) is 25.2. The highest BCUT2D eigenvalue weighted by atomic mass is 32.1. The number of urea groups is 1. The van der Waals surface area contributed by atoms with Crippen LogP contribution in [0.1, 0.15) is 16.0 Å². The van der Waals surface area contributed by atoms with E-state index in [-0.39, 0.29) is 6.03 Å². The van der Waals surface area contributed by atoms with Crippen molar-refractivity contribution in [2.75, 3.05) is 35.4 Å². The van der Waals surface area contributed by atoms with E-state index in [4.69, 9.17) is 5.73 Å². The van der Waals surface area contributed by atoms with Gasteiger partial charge in [0.05, 0.1) is 5.39 Å². The van der Waals surface area contributed by atoms with Crippen LogP contribution in [0.5, 0.6) is 0 Å². The molecule has 0 bridgehead atoms. The lowest BCUT2D eigenvalue weighted by Crippen LogP contribution is -2.19. The van der Waals surface area contributed by atoms with E-state index in [0.29, 0.717) is 11.5 Å². The first-order valence-electron chi connectivity index (χ1n) is 12.4. The van der Waals surface area contributed by atoms with Gasteiger partial charge < -0.3 is 21.3 Å². The van der Waals surface area contributed by atoms with Gasteiger partial charge in [-0.1, -0.05) is 36.4 Å². The van der Waals surface area contributed by atoms with Gasteiger partial charge >= 0.3 is 6.03 Å². The minimum absolute atomic E-state index is 0.289. The van der Waals surface area contributed by atoms with Crippen molar-refractivity contribution in [3.05, 3.63) is 95.1 Å². The molecule has 192 valence electrons. The third-order valence-corrected chi connectivity index (χ3v) is 7.55. The van der Waals surface area contributed by atoms with Crippen LogP contribution in [-0.2, 0) is 12.8 Å². The molecular formula is C30H30N6OS. The van der Waals surface area contributed by atoms with Crippen molar-refractivity contribution < 1.29 is 4.79 Å². The van der Waals surface area contributed by atoms with Crippen LogP contribution >= 0.6 is 11.3 Å². The summed E-state index contributed by atoms with van der Waals surface area (Å²) in [6.07, 6.45) is 3.28. The number of nitrogens with zero attached hydrogens (tertiary/aromatic N) is 3. The average Bonchev–Trinajstić information content (AvgIpc) is 3.28. The predicted octanol–water partition coefficient (Wildman–Crippen LogP) is 6.74. The van der Waals surface area contributed by atoms with E-state index in [1.54, 1.807) is 11.3 Å². The fourth-order valence-corrected chi connectivity index (χ4v) is 5.61. The Morgan fingerprint density at radius 2 is 1.66 bits per heavy atom. The van der Waals surface area contributed by atoms with Gasteiger partial charge in [0.1, 0.15) is 17.0 Å². The molecule has 38 heavy (non-hydrogen) atoms. The SMILES string of the molecule is Cc1cccc(NC(=O)Nc2ccc(-c3c(CCc4ccc(N(C)C)cc4)sc4ncnc(N)c34)cc2)c1. The Morgan fingerprint density at radius 3 is 2.37 bits per heavy atom. The van der Waals surface area contributed by atoms with Crippen LogP contribution in [-0.4, -0.2) is 30.1 Å². The van der Waals surface area contributed by atoms with E-state index >= 15 is 0 Å². The topological polar surface area (TPSA) is 96.2 Å². The van der Waals surface area contributed by atoms with Gasteiger partial charge in [0.2, 0.25) is 0 Å². The maximum Gasteiger partial charge on any atom is 0.323 e. The maximum absolute atomic E-state index is 12.5. The molecule has 5 aromatic rings. The molecule has 0 atom stereocenters. The van der Waals surface area contributed by atoms with E-state index in [1.165, 1.54) is 22.5 Å². The molecule has 8 heteroatoms. The summed E-state index contributed by atoms with van der Waals surface area (Å²) in [5, 5.41) is 6.66. The zero-order valence-electron chi connectivity index (χ0n) is 21.7. The number of amides is 2. The molecule has 0 aliphatic rings. The molecule has 4 N–H and O–H groups in total. The van der Waals surface area contributed by atoms with Gasteiger partial charge in [-0.15, -0.1) is 11.3 Å². The van der Waals surface area contributed by atoms with Crippen molar-refractivity contribution in [3.8, 4) is 11.1 Å². The molecule has 0 fully saturated rings. The Kier molecular flexibility index (Phi) is 7.24. The van der Waals surface area contributed by atoms with E-state index in [0.717, 1.165) is 45.4 Å². The average molecular weight is 523 g/mol. The van der Waals surface area contributed by atoms with Crippen molar-refractivity contribution in [1.29, 1.82) is 0 Å². The zero-order chi connectivity index (χ0) is 26.6. The van der Waals surface area contributed by atoms with Gasteiger partial charge in [0.25, 0.3) is 0 Å². The van der Waals surface area contributed by atoms with Crippen molar-refractivity contribution in [2.24, 2.45) is 0 Å². The van der Waals surface area contributed by atoms with Crippen LogP contribution in [0.25, 0.3) is 21.3 Å². The second kappa shape index (κ2) is 10.9. The van der Waals surface area contributed by atoms with Crippen LogP contribution in [0.15, 0.2) is 79.1 Å². The molecule has 0 aliphatic heterocycles. The molecule has 2 amide bonds. The smallest absolute Gasteiger partial charge is 0.323 e. The van der Waals surface area contributed by atoms with Crippen LogP contribution in [0.3, 0.4) is 0 Å². The first-order chi connectivity index (χ1) is 18.4. The minimum atomic E-state index is -0.289. The Hall–Kier alpha value is -4.43. The maximum atomic E-state index is 12.5. The number of fused-ring (bicyclic) bond motifs is 1. The van der Waals surface area contributed by atoms with Gasteiger partial charge in [-0.05, 0) is 72.9 Å². The molecule has 0 aliphatic carbocycles. The molecule has 7 nitrogen and oxygen atoms in total. The van der Waals surface area contributed by atoms with E-state index < -0.39 is 0 Å². The van der Waals surface area contributed by atoms with E-state index in [2.05, 4.69) is 49.8 Å². The molecule has 2 heterocycles. The summed E-state index contributed by atoms with van der Waals surface area (Å²) < 4.78 is 0. The molecule has 3 aromatic carbocycles. The molecule has 0 saturated carbocycles. The Labute approximate surface area is 226 Å². The summed E-state index contributed by atoms with van der Waals surface area (Å²) >= 11 is 1.66. The van der Waals surface area contributed by atoms with E-state index in [9.17, 15) is 4.79 Å². The number of thiophene rings is 1. The largest absolute Gasteiger partial charge is 0.383 e. The number of nitrogen functional groups attached to an aromatic ring is 1. The monoisotopic (exact) mass is 522 g/mol. The normalized spacial score (nSPS) is 10.9. The molecule has 5 rings (SSSR count). The van der Waals surface area contributed by atoms with Gasteiger partial charge in [-0.3, -0.25) is 0 Å². The summed E-state index contributed by atoms with van der Waals surface area (Å²) in [6, 6.07) is 23.9. The quantitative estimate of drug-likeness (QED) is 0.220. The minimum Gasteiger partial charge on any atom is -0.383 e. The van der Waals surface area contributed by atoms with Crippen LogP contribution in [0.4, 0.5) is 27.7 Å². The number of benzene rings is 3. The Morgan fingerprint density at radius 1 is 0.921 bits per heavy atom. The van der Waals surface area contributed by atoms with Crippen LogP contribution < -0.4 is 21.3 Å². The predicted molar refractivity (Wildman–Crippen MR) is 159 cm³/mol. The molecular weight excluding hydrogens is 492 g/mol. The number of nitrogens with one attached hydrogen (secondary N) is 2. The summed E-state index contributed by atoms with van der Waals surface area (Å²) in [4.78, 5) is 25.4. The van der Waals surface area contributed by atoms with Crippen molar-refractivity contribution in [2.45, 2.75) is 19.8 Å². The van der Waals surface area contributed by atoms with Crippen molar-refractivity contribution >= 4 is 50.5 Å². The van der Waals surface area contributed by atoms with Gasteiger partial charge in [0.15, 0.2) is 0 Å². The molecule has 0 radical (unpaired) electrons. The fourth-order valence-electron chi connectivity index (χ4n) is 4.44. The van der Waals surface area contributed by atoms with Crippen molar-refractivity contribution in [1.82, 2.24) is 9.97 Å². The summed E-state index contributed by atoms with van der Waals surface area (Å²) in [6.45, 7) is 1.99. The van der Waals surface area contributed by atoms with Gasteiger partial charge in [0, 0.05) is 41.6 Å². The standard InChI is InChI=1S/C30H30N6OS/c1-19-5-4-6-23(17-19)35-30(37)34-22-12-10-21(11-13-22)26-25(38-29-27(26)28(31)32-18-33-29)16-9-20-7-14-24(15-8-20)36(2)3/h4-8,10-15,17-18H,9,16H2,1-3H3,(H2,31,32,33)(H2,34,35,37). The highest BCUT2D eigenvalue weighted by molar-refractivity contribution is 7.19. The second-order valence-electron chi connectivity index (χ2n) is 9.43. The number of anilines is 4. The van der Waals surface area contributed by atoms with Gasteiger partial charge in [-0.25, -0.2) is 14.8 Å². The molecule has 0 unspecified atom stereocenters. The number of carbonyl (C=O) groups is 1. The zero-order valence-corrected chi connectivity index (χ0v) is 22.5. The lowest BCUT2D eigenvalue weighted by molar-refractivity contribution is 0.262. The molecule has 2 aromatic heterocycles. The second-order valence-corrected chi connectivity index (χ2v) is 10.5. The third kappa shape index (κ3) is 5.60. The first-order valence-corrected chi connectivity index (χ1v) is 13.2. The van der Waals surface area contributed by atoms with Crippen molar-refractivity contribution in [3.63, 3.8) is 0 Å². The third-order valence-electron chi connectivity index (χ3n) is 6.39. The number of aryl methyl sites for hydroxylation is 3. The Balaban J connectivity index is 1.37. The highest BCUT2D eigenvalue weighted by Crippen LogP contribution is 2.41.